The molecule has 1 rings (SSSR count). The number of rotatable bonds is 4. The summed E-state index contributed by atoms with van der Waals surface area (Å²) >= 11 is 0. The third-order valence-electron chi connectivity index (χ3n) is 2.29. The van der Waals surface area contributed by atoms with E-state index in [1.165, 1.54) is 13.2 Å². The summed E-state index contributed by atoms with van der Waals surface area (Å²) < 4.78 is 17.9. The zero-order valence-corrected chi connectivity index (χ0v) is 9.13. The quantitative estimate of drug-likeness (QED) is 0.649. The SMILES string of the molecule is COC(=O)c1ccc(C(O)C(O)CO)c(F)c1. The van der Waals surface area contributed by atoms with Crippen LogP contribution in [-0.2, 0) is 4.74 Å². The predicted octanol–water partition coefficient (Wildman–Crippen LogP) is -0.00110. The lowest BCUT2D eigenvalue weighted by Gasteiger charge is -2.16. The van der Waals surface area contributed by atoms with Crippen LogP contribution in [0.15, 0.2) is 18.2 Å². The fraction of sp³-hybridized carbons (Fsp3) is 0.364. The number of ether oxygens (including phenoxy) is 1. The van der Waals surface area contributed by atoms with Gasteiger partial charge < -0.3 is 20.1 Å². The van der Waals surface area contributed by atoms with Gasteiger partial charge >= 0.3 is 5.97 Å². The maximum atomic E-state index is 13.5. The van der Waals surface area contributed by atoms with Crippen molar-refractivity contribution in [2.75, 3.05) is 13.7 Å². The molecule has 0 aliphatic heterocycles. The molecule has 0 saturated heterocycles. The zero-order valence-electron chi connectivity index (χ0n) is 9.13. The monoisotopic (exact) mass is 244 g/mol. The lowest BCUT2D eigenvalue weighted by molar-refractivity contribution is -0.0168. The normalized spacial score (nSPS) is 14.2. The smallest absolute Gasteiger partial charge is 0.337 e. The molecule has 3 N–H and O–H groups in total. The maximum Gasteiger partial charge on any atom is 0.337 e. The van der Waals surface area contributed by atoms with Gasteiger partial charge in [-0.25, -0.2) is 9.18 Å². The van der Waals surface area contributed by atoms with Crippen molar-refractivity contribution >= 4 is 5.97 Å². The minimum absolute atomic E-state index is 0.000520. The van der Waals surface area contributed by atoms with Gasteiger partial charge in [0.05, 0.1) is 19.3 Å². The third kappa shape index (κ3) is 3.00. The van der Waals surface area contributed by atoms with Crippen LogP contribution in [-0.4, -0.2) is 41.1 Å². The minimum atomic E-state index is -1.55. The maximum absolute atomic E-state index is 13.5. The molecular weight excluding hydrogens is 231 g/mol. The number of aliphatic hydroxyl groups excluding tert-OH is 3. The van der Waals surface area contributed by atoms with Crippen molar-refractivity contribution in [3.05, 3.63) is 35.1 Å². The van der Waals surface area contributed by atoms with E-state index in [1.807, 2.05) is 0 Å². The van der Waals surface area contributed by atoms with Crippen molar-refractivity contribution in [2.45, 2.75) is 12.2 Å². The molecule has 0 radical (unpaired) electrons. The second kappa shape index (κ2) is 5.72. The number of carbonyl (C=O) groups excluding carboxylic acids is 1. The first-order valence-corrected chi connectivity index (χ1v) is 4.86. The number of carbonyl (C=O) groups is 1. The predicted molar refractivity (Wildman–Crippen MR) is 55.8 cm³/mol. The number of hydrogen-bond acceptors (Lipinski definition) is 5. The molecule has 0 aromatic heterocycles. The Hall–Kier alpha value is -1.50. The molecule has 17 heavy (non-hydrogen) atoms. The third-order valence-corrected chi connectivity index (χ3v) is 2.29. The first-order chi connectivity index (χ1) is 8.01. The highest BCUT2D eigenvalue weighted by Crippen LogP contribution is 2.21. The lowest BCUT2D eigenvalue weighted by Crippen LogP contribution is -2.23. The molecule has 1 aromatic rings. The van der Waals surface area contributed by atoms with Crippen molar-refractivity contribution in [3.8, 4) is 0 Å². The highest BCUT2D eigenvalue weighted by atomic mass is 19.1. The summed E-state index contributed by atoms with van der Waals surface area (Å²) in [5.74, 6) is -1.56. The molecule has 0 aliphatic rings. The highest BCUT2D eigenvalue weighted by molar-refractivity contribution is 5.89. The fourth-order valence-electron chi connectivity index (χ4n) is 1.32. The molecule has 0 bridgehead atoms. The Labute approximate surface area is 97.1 Å². The van der Waals surface area contributed by atoms with Crippen LogP contribution in [0.2, 0.25) is 0 Å². The Bertz CT molecular complexity index is 407. The van der Waals surface area contributed by atoms with Crippen LogP contribution in [0.1, 0.15) is 22.0 Å². The molecular formula is C11H13FO5. The second-order valence-electron chi connectivity index (χ2n) is 3.42. The van der Waals surface area contributed by atoms with E-state index in [0.717, 1.165) is 12.1 Å². The average Bonchev–Trinajstić information content (AvgIpc) is 2.35. The van der Waals surface area contributed by atoms with Crippen LogP contribution >= 0.6 is 0 Å². The summed E-state index contributed by atoms with van der Waals surface area (Å²) in [5.41, 5.74) is -0.196. The minimum Gasteiger partial charge on any atom is -0.465 e. The summed E-state index contributed by atoms with van der Waals surface area (Å²) in [4.78, 5) is 11.1. The van der Waals surface area contributed by atoms with Gasteiger partial charge in [-0.15, -0.1) is 0 Å². The summed E-state index contributed by atoms with van der Waals surface area (Å²) in [6.07, 6.45) is -3.03. The van der Waals surface area contributed by atoms with Crippen molar-refractivity contribution in [1.29, 1.82) is 0 Å². The van der Waals surface area contributed by atoms with Crippen LogP contribution in [0.3, 0.4) is 0 Å². The standard InChI is InChI=1S/C11H13FO5/c1-17-11(16)6-2-3-7(8(12)4-6)10(15)9(14)5-13/h2-4,9-10,13-15H,5H2,1H3. The Kier molecular flexibility index (Phi) is 4.56. The van der Waals surface area contributed by atoms with Crippen LogP contribution in [0.4, 0.5) is 4.39 Å². The zero-order chi connectivity index (χ0) is 13.0. The molecule has 0 fully saturated rings. The molecule has 0 spiro atoms. The van der Waals surface area contributed by atoms with Crippen LogP contribution in [0.5, 0.6) is 0 Å². The van der Waals surface area contributed by atoms with Gasteiger partial charge in [-0.1, -0.05) is 6.07 Å². The molecule has 6 heteroatoms. The van der Waals surface area contributed by atoms with Crippen molar-refractivity contribution < 1.29 is 29.2 Å². The van der Waals surface area contributed by atoms with E-state index in [4.69, 9.17) is 5.11 Å². The number of halogens is 1. The average molecular weight is 244 g/mol. The van der Waals surface area contributed by atoms with Gasteiger partial charge in [0.2, 0.25) is 0 Å². The molecule has 2 atom stereocenters. The van der Waals surface area contributed by atoms with Crippen LogP contribution < -0.4 is 0 Å². The summed E-state index contributed by atoms with van der Waals surface area (Å²) in [5, 5.41) is 27.3. The molecule has 0 saturated carbocycles. The van der Waals surface area contributed by atoms with Crippen LogP contribution in [0.25, 0.3) is 0 Å². The van der Waals surface area contributed by atoms with Gasteiger partial charge in [0.1, 0.15) is 18.0 Å². The molecule has 2 unspecified atom stereocenters. The molecule has 5 nitrogen and oxygen atoms in total. The van der Waals surface area contributed by atoms with Gasteiger partial charge in [-0.05, 0) is 12.1 Å². The summed E-state index contributed by atoms with van der Waals surface area (Å²) in [6.45, 7) is -0.695. The van der Waals surface area contributed by atoms with Crippen molar-refractivity contribution in [3.63, 3.8) is 0 Å². The Morgan fingerprint density at radius 1 is 1.47 bits per heavy atom. The molecule has 0 aliphatic carbocycles. The number of esters is 1. The number of aliphatic hydroxyl groups is 3. The van der Waals surface area contributed by atoms with E-state index in [0.29, 0.717) is 0 Å². The second-order valence-corrected chi connectivity index (χ2v) is 3.42. The van der Waals surface area contributed by atoms with Crippen molar-refractivity contribution in [1.82, 2.24) is 0 Å². The molecule has 94 valence electrons. The Balaban J connectivity index is 3.01. The van der Waals surface area contributed by atoms with Gasteiger partial charge in [0.25, 0.3) is 0 Å². The topological polar surface area (TPSA) is 87.0 Å². The van der Waals surface area contributed by atoms with E-state index >= 15 is 0 Å². The van der Waals surface area contributed by atoms with E-state index in [-0.39, 0.29) is 11.1 Å². The van der Waals surface area contributed by atoms with E-state index in [1.54, 1.807) is 0 Å². The number of methoxy groups -OCH3 is 1. The summed E-state index contributed by atoms with van der Waals surface area (Å²) in [7, 11) is 1.17. The van der Waals surface area contributed by atoms with Gasteiger partial charge in [-0.2, -0.15) is 0 Å². The van der Waals surface area contributed by atoms with Gasteiger partial charge in [0.15, 0.2) is 0 Å². The van der Waals surface area contributed by atoms with E-state index < -0.39 is 30.6 Å². The van der Waals surface area contributed by atoms with Crippen molar-refractivity contribution in [2.24, 2.45) is 0 Å². The fourth-order valence-corrected chi connectivity index (χ4v) is 1.32. The van der Waals surface area contributed by atoms with E-state index in [2.05, 4.69) is 4.74 Å². The first-order valence-electron chi connectivity index (χ1n) is 4.86. The van der Waals surface area contributed by atoms with E-state index in [9.17, 15) is 19.4 Å². The van der Waals surface area contributed by atoms with Crippen LogP contribution in [0, 0.1) is 5.82 Å². The molecule has 0 amide bonds. The first kappa shape index (κ1) is 13.6. The largest absolute Gasteiger partial charge is 0.465 e. The lowest BCUT2D eigenvalue weighted by atomic mass is 10.0. The Morgan fingerprint density at radius 2 is 2.12 bits per heavy atom. The number of hydrogen-bond donors (Lipinski definition) is 3. The highest BCUT2D eigenvalue weighted by Gasteiger charge is 2.21. The van der Waals surface area contributed by atoms with Gasteiger partial charge in [-0.3, -0.25) is 0 Å². The number of benzene rings is 1. The molecule has 1 aromatic carbocycles. The summed E-state index contributed by atoms with van der Waals surface area (Å²) in [6, 6.07) is 3.32. The van der Waals surface area contributed by atoms with Gasteiger partial charge in [0, 0.05) is 5.56 Å². The Morgan fingerprint density at radius 3 is 2.59 bits per heavy atom. The molecule has 0 heterocycles.